The lowest BCUT2D eigenvalue weighted by molar-refractivity contribution is -0.156. The van der Waals surface area contributed by atoms with Gasteiger partial charge in [-0.15, -0.1) is 5.10 Å². The standard InChI is InChI=1S/C8H13N3O3/c1-11-5-6(9-10-11)4-7(12)8(13-2)14-3/h5,8H,4H2,1-3H3. The Kier molecular flexibility index (Phi) is 3.73. The largest absolute Gasteiger partial charge is 0.349 e. The van der Waals surface area contributed by atoms with E-state index in [-0.39, 0.29) is 12.2 Å². The van der Waals surface area contributed by atoms with Gasteiger partial charge in [0.2, 0.25) is 6.29 Å². The van der Waals surface area contributed by atoms with E-state index in [0.717, 1.165) is 0 Å². The zero-order valence-corrected chi connectivity index (χ0v) is 8.43. The van der Waals surface area contributed by atoms with Crippen LogP contribution in [0.1, 0.15) is 5.69 Å². The van der Waals surface area contributed by atoms with E-state index in [0.29, 0.717) is 5.69 Å². The van der Waals surface area contributed by atoms with Gasteiger partial charge in [-0.05, 0) is 0 Å². The van der Waals surface area contributed by atoms with Crippen LogP contribution in [0.15, 0.2) is 6.20 Å². The van der Waals surface area contributed by atoms with E-state index in [1.165, 1.54) is 18.9 Å². The van der Waals surface area contributed by atoms with Crippen molar-refractivity contribution < 1.29 is 14.3 Å². The maximum Gasteiger partial charge on any atom is 0.217 e. The van der Waals surface area contributed by atoms with Gasteiger partial charge in [-0.3, -0.25) is 9.48 Å². The summed E-state index contributed by atoms with van der Waals surface area (Å²) >= 11 is 0. The van der Waals surface area contributed by atoms with Gasteiger partial charge in [-0.2, -0.15) is 0 Å². The minimum atomic E-state index is -0.822. The molecule has 0 saturated heterocycles. The number of ketones is 1. The second-order valence-corrected chi connectivity index (χ2v) is 2.83. The molecule has 0 aliphatic heterocycles. The summed E-state index contributed by atoms with van der Waals surface area (Å²) in [5.74, 6) is -0.171. The summed E-state index contributed by atoms with van der Waals surface area (Å²) in [5.41, 5.74) is 0.608. The van der Waals surface area contributed by atoms with Crippen molar-refractivity contribution in [2.75, 3.05) is 14.2 Å². The number of aromatic nitrogens is 3. The molecule has 0 radical (unpaired) electrons. The number of carbonyl (C=O) groups excluding carboxylic acids is 1. The Morgan fingerprint density at radius 2 is 2.21 bits per heavy atom. The van der Waals surface area contributed by atoms with Gasteiger partial charge < -0.3 is 9.47 Å². The Morgan fingerprint density at radius 1 is 1.57 bits per heavy atom. The van der Waals surface area contributed by atoms with Gasteiger partial charge in [-0.1, -0.05) is 5.21 Å². The fourth-order valence-corrected chi connectivity index (χ4v) is 1.10. The van der Waals surface area contributed by atoms with Crippen LogP contribution in [0.2, 0.25) is 0 Å². The number of hydrogen-bond acceptors (Lipinski definition) is 5. The van der Waals surface area contributed by atoms with Crippen molar-refractivity contribution >= 4 is 5.78 Å². The highest BCUT2D eigenvalue weighted by atomic mass is 16.7. The number of rotatable bonds is 5. The Hall–Kier alpha value is -1.27. The second kappa shape index (κ2) is 4.83. The molecule has 1 heterocycles. The third-order valence-electron chi connectivity index (χ3n) is 1.70. The van der Waals surface area contributed by atoms with E-state index in [4.69, 9.17) is 9.47 Å². The monoisotopic (exact) mass is 199 g/mol. The van der Waals surface area contributed by atoms with Gasteiger partial charge >= 0.3 is 0 Å². The predicted octanol–water partition coefficient (Wildman–Crippen LogP) is -0.454. The Bertz CT molecular complexity index is 307. The average Bonchev–Trinajstić information content (AvgIpc) is 2.53. The minimum Gasteiger partial charge on any atom is -0.349 e. The van der Waals surface area contributed by atoms with E-state index in [9.17, 15) is 4.79 Å². The number of nitrogens with zero attached hydrogens (tertiary/aromatic N) is 3. The van der Waals surface area contributed by atoms with E-state index in [2.05, 4.69) is 10.3 Å². The second-order valence-electron chi connectivity index (χ2n) is 2.83. The summed E-state index contributed by atoms with van der Waals surface area (Å²) in [6.07, 6.45) is 1.03. The fraction of sp³-hybridized carbons (Fsp3) is 0.625. The Morgan fingerprint density at radius 3 is 2.64 bits per heavy atom. The van der Waals surface area contributed by atoms with E-state index in [1.54, 1.807) is 13.2 Å². The quantitative estimate of drug-likeness (QED) is 0.601. The number of hydrogen-bond donors (Lipinski definition) is 0. The van der Waals surface area contributed by atoms with Gasteiger partial charge in [0, 0.05) is 27.5 Å². The molecule has 0 bridgehead atoms. The van der Waals surface area contributed by atoms with Crippen LogP contribution < -0.4 is 0 Å². The van der Waals surface area contributed by atoms with Crippen molar-refractivity contribution in [2.24, 2.45) is 7.05 Å². The number of ether oxygens (including phenoxy) is 2. The highest BCUT2D eigenvalue weighted by Crippen LogP contribution is 2.00. The van der Waals surface area contributed by atoms with Crippen LogP contribution in [0.4, 0.5) is 0 Å². The SMILES string of the molecule is COC(OC)C(=O)Cc1cn(C)nn1. The highest BCUT2D eigenvalue weighted by Gasteiger charge is 2.18. The van der Waals surface area contributed by atoms with Crippen molar-refractivity contribution in [3.05, 3.63) is 11.9 Å². The van der Waals surface area contributed by atoms with E-state index >= 15 is 0 Å². The first-order valence-corrected chi connectivity index (χ1v) is 4.11. The Labute approximate surface area is 81.8 Å². The Balaban J connectivity index is 2.56. The third-order valence-corrected chi connectivity index (χ3v) is 1.70. The molecular weight excluding hydrogens is 186 g/mol. The lowest BCUT2D eigenvalue weighted by Gasteiger charge is -2.10. The summed E-state index contributed by atoms with van der Waals surface area (Å²) in [6.45, 7) is 0. The molecule has 0 amide bonds. The molecule has 0 saturated carbocycles. The fourth-order valence-electron chi connectivity index (χ4n) is 1.10. The number of aryl methyl sites for hydroxylation is 1. The van der Waals surface area contributed by atoms with Crippen molar-refractivity contribution in [3.63, 3.8) is 0 Å². The van der Waals surface area contributed by atoms with Gasteiger partial charge in [-0.25, -0.2) is 0 Å². The van der Waals surface area contributed by atoms with Crippen molar-refractivity contribution in [1.29, 1.82) is 0 Å². The van der Waals surface area contributed by atoms with Gasteiger partial charge in [0.1, 0.15) is 0 Å². The molecule has 0 unspecified atom stereocenters. The molecule has 1 aromatic heterocycles. The molecular formula is C8H13N3O3. The summed E-state index contributed by atoms with van der Waals surface area (Å²) in [4.78, 5) is 11.5. The van der Waals surface area contributed by atoms with E-state index < -0.39 is 6.29 Å². The summed E-state index contributed by atoms with van der Waals surface area (Å²) in [6, 6.07) is 0. The molecule has 1 rings (SSSR count). The first-order chi connectivity index (χ1) is 6.67. The molecule has 0 atom stereocenters. The molecule has 0 fully saturated rings. The number of methoxy groups -OCH3 is 2. The van der Waals surface area contributed by atoms with E-state index in [1.807, 2.05) is 0 Å². The summed E-state index contributed by atoms with van der Waals surface area (Å²) in [7, 11) is 4.58. The normalized spacial score (nSPS) is 10.9. The molecule has 0 spiro atoms. The lowest BCUT2D eigenvalue weighted by atomic mass is 10.2. The number of carbonyl (C=O) groups is 1. The third kappa shape index (κ3) is 2.61. The highest BCUT2D eigenvalue weighted by molar-refractivity contribution is 5.83. The van der Waals surface area contributed by atoms with Crippen LogP contribution in [-0.4, -0.2) is 41.3 Å². The molecule has 14 heavy (non-hydrogen) atoms. The maximum atomic E-state index is 11.5. The molecule has 0 aromatic carbocycles. The van der Waals surface area contributed by atoms with Gasteiger partial charge in [0.15, 0.2) is 5.78 Å². The molecule has 78 valence electrons. The number of Topliss-reactive ketones (excluding diaryl/α,β-unsaturated/α-hetero) is 1. The molecule has 0 aliphatic rings. The first kappa shape index (κ1) is 10.8. The van der Waals surface area contributed by atoms with Crippen LogP contribution >= 0.6 is 0 Å². The molecule has 6 heteroatoms. The van der Waals surface area contributed by atoms with Crippen LogP contribution in [0.5, 0.6) is 0 Å². The molecule has 1 aromatic rings. The summed E-state index contributed by atoms with van der Waals surface area (Å²) in [5, 5.41) is 7.50. The van der Waals surface area contributed by atoms with Crippen molar-refractivity contribution in [3.8, 4) is 0 Å². The minimum absolute atomic E-state index is 0.167. The van der Waals surface area contributed by atoms with Crippen LogP contribution in [0.25, 0.3) is 0 Å². The topological polar surface area (TPSA) is 66.2 Å². The average molecular weight is 199 g/mol. The van der Waals surface area contributed by atoms with Crippen LogP contribution in [0, 0.1) is 0 Å². The van der Waals surface area contributed by atoms with Gasteiger partial charge in [0.25, 0.3) is 0 Å². The molecule has 6 nitrogen and oxygen atoms in total. The smallest absolute Gasteiger partial charge is 0.217 e. The predicted molar refractivity (Wildman–Crippen MR) is 47.5 cm³/mol. The van der Waals surface area contributed by atoms with Crippen molar-refractivity contribution in [1.82, 2.24) is 15.0 Å². The van der Waals surface area contributed by atoms with Crippen LogP contribution in [0.3, 0.4) is 0 Å². The maximum absolute atomic E-state index is 11.5. The van der Waals surface area contributed by atoms with Crippen LogP contribution in [-0.2, 0) is 27.7 Å². The van der Waals surface area contributed by atoms with Gasteiger partial charge in [0.05, 0.1) is 12.1 Å². The summed E-state index contributed by atoms with van der Waals surface area (Å²) < 4.78 is 11.2. The first-order valence-electron chi connectivity index (χ1n) is 4.11. The molecule has 0 aliphatic carbocycles. The molecule has 0 N–H and O–H groups in total. The van der Waals surface area contributed by atoms with Crippen molar-refractivity contribution in [2.45, 2.75) is 12.7 Å². The zero-order valence-electron chi connectivity index (χ0n) is 8.43. The lowest BCUT2D eigenvalue weighted by Crippen LogP contribution is -2.26. The zero-order chi connectivity index (χ0) is 10.6.